The first-order valence-electron chi connectivity index (χ1n) is 13.2. The lowest BCUT2D eigenvalue weighted by molar-refractivity contribution is -0.128. The Balaban J connectivity index is 2.53. The Morgan fingerprint density at radius 2 is 2.00 bits per heavy atom. The number of carbonyl (C=O) groups excluding carboxylic acids is 1. The van der Waals surface area contributed by atoms with E-state index in [0.29, 0.717) is 4.90 Å². The fraction of sp³-hybridized carbons (Fsp3) is 0.263. The molecule has 3 aromatic rings. The van der Waals surface area contributed by atoms with Crippen molar-refractivity contribution in [3.8, 4) is 11.3 Å². The fourth-order valence-corrected chi connectivity index (χ4v) is 2.03. The highest BCUT2D eigenvalue weighted by atomic mass is 16.2. The highest BCUT2D eigenvalue weighted by Crippen LogP contribution is 2.26. The molecule has 4 heteroatoms. The second-order valence-electron chi connectivity index (χ2n) is 4.93. The van der Waals surface area contributed by atoms with Crippen LogP contribution in [0.25, 0.3) is 16.9 Å². The van der Waals surface area contributed by atoms with Gasteiger partial charge in [0.1, 0.15) is 5.65 Å². The number of hydrogen-bond donors (Lipinski definition) is 0. The Morgan fingerprint density at radius 1 is 1.26 bits per heavy atom. The first-order chi connectivity index (χ1) is 16.3. The third kappa shape index (κ3) is 2.97. The van der Waals surface area contributed by atoms with Gasteiger partial charge in [-0.15, -0.1) is 0 Å². The number of benzene rings is 1. The number of pyridine rings is 1. The lowest BCUT2D eigenvalue weighted by Gasteiger charge is -2.11. The maximum absolute atomic E-state index is 12.9. The summed E-state index contributed by atoms with van der Waals surface area (Å²) in [5, 5.41) is 0. The highest BCUT2D eigenvalue weighted by molar-refractivity contribution is 5.81. The number of nitrogens with zero attached hydrogens (tertiary/aromatic N) is 3. The number of amides is 1. The third-order valence-electron chi connectivity index (χ3n) is 3.18. The summed E-state index contributed by atoms with van der Waals surface area (Å²) < 4.78 is 104. The summed E-state index contributed by atoms with van der Waals surface area (Å²) in [5.41, 5.74) is -2.23. The molecule has 23 heavy (non-hydrogen) atoms. The van der Waals surface area contributed by atoms with Gasteiger partial charge >= 0.3 is 0 Å². The van der Waals surface area contributed by atoms with Crippen LogP contribution >= 0.6 is 0 Å². The van der Waals surface area contributed by atoms with Crippen LogP contribution in [-0.2, 0) is 11.2 Å². The molecule has 0 saturated heterocycles. The summed E-state index contributed by atoms with van der Waals surface area (Å²) in [7, 11) is 1.01. The van der Waals surface area contributed by atoms with E-state index in [0.717, 1.165) is 11.4 Å². The molecule has 2 aromatic heterocycles. The molecule has 0 aliphatic carbocycles. The summed E-state index contributed by atoms with van der Waals surface area (Å²) in [5.74, 6) is -1.00. The minimum absolute atomic E-state index is 0.0396. The molecule has 1 aromatic carbocycles. The Labute approximate surface area is 154 Å². The molecule has 4 nitrogen and oxygen atoms in total. The van der Waals surface area contributed by atoms with E-state index in [4.69, 9.17) is 17.8 Å². The van der Waals surface area contributed by atoms with Crippen molar-refractivity contribution in [2.45, 2.75) is 20.2 Å². The molecule has 1 amide bonds. The van der Waals surface area contributed by atoms with Gasteiger partial charge in [0.2, 0.25) is 5.91 Å². The molecule has 0 aliphatic rings. The maximum atomic E-state index is 12.9. The summed E-state index contributed by atoms with van der Waals surface area (Å²) in [6.45, 7) is -4.45. The van der Waals surface area contributed by atoms with E-state index in [9.17, 15) is 4.79 Å². The van der Waals surface area contributed by atoms with Crippen LogP contribution in [0.1, 0.15) is 34.6 Å². The number of likely N-dealkylation sites (N-methyl/N-ethyl adjacent to an activating group) is 1. The molecule has 0 bridgehead atoms. The number of fused-ring (bicyclic) bond motifs is 1. The number of aromatic nitrogens is 2. The normalized spacial score (nSPS) is 20.2. The van der Waals surface area contributed by atoms with Gasteiger partial charge < -0.3 is 9.30 Å². The van der Waals surface area contributed by atoms with Gasteiger partial charge in [0.05, 0.1) is 27.4 Å². The topological polar surface area (TPSA) is 37.6 Å². The first kappa shape index (κ1) is 6.11. The highest BCUT2D eigenvalue weighted by Gasteiger charge is 2.18. The van der Waals surface area contributed by atoms with Crippen molar-refractivity contribution in [3.63, 3.8) is 0 Å². The number of hydrogen-bond acceptors (Lipinski definition) is 2. The van der Waals surface area contributed by atoms with Gasteiger partial charge in [-0.1, -0.05) is 35.8 Å². The predicted octanol–water partition coefficient (Wildman–Crippen LogP) is 3.25. The van der Waals surface area contributed by atoms with Gasteiger partial charge in [0.25, 0.3) is 0 Å². The second kappa shape index (κ2) is 5.88. The monoisotopic (exact) mass is 320 g/mol. The molecule has 0 N–H and O–H groups in total. The summed E-state index contributed by atoms with van der Waals surface area (Å²) in [6, 6.07) is -3.37. The van der Waals surface area contributed by atoms with E-state index in [1.54, 1.807) is 0 Å². The fourth-order valence-electron chi connectivity index (χ4n) is 2.03. The minimum atomic E-state index is -2.99. The molecule has 0 spiro atoms. The van der Waals surface area contributed by atoms with Crippen LogP contribution in [-0.4, -0.2) is 34.2 Å². The molecule has 2 heterocycles. The lowest BCUT2D eigenvalue weighted by Crippen LogP contribution is -2.24. The second-order valence-corrected chi connectivity index (χ2v) is 4.93. The zero-order valence-electron chi connectivity index (χ0n) is 25.5. The standard InChI is InChI=1S/C19H21N3O/c1-13-5-8-15(9-6-13)19-16(11-18(23)21(3)4)22-12-14(2)7-10-17(22)20-19/h5-10,12H,11H2,1-4H3/i2D3,3D3,5D,6D,7D,8D,9D,10D,12D. The largest absolute Gasteiger partial charge is 0.348 e. The molecule has 0 unspecified atom stereocenters. The zero-order valence-corrected chi connectivity index (χ0v) is 12.5. The van der Waals surface area contributed by atoms with E-state index >= 15 is 0 Å². The van der Waals surface area contributed by atoms with Crippen LogP contribution in [0.5, 0.6) is 0 Å². The van der Waals surface area contributed by atoms with Crippen LogP contribution in [0.15, 0.2) is 42.4 Å². The predicted molar refractivity (Wildman–Crippen MR) is 92.5 cm³/mol. The zero-order chi connectivity index (χ0) is 27.7. The molecule has 0 atom stereocenters. The van der Waals surface area contributed by atoms with Crippen molar-refractivity contribution in [2.24, 2.45) is 0 Å². The van der Waals surface area contributed by atoms with Crippen molar-refractivity contribution in [2.75, 3.05) is 14.0 Å². The first-order valence-corrected chi connectivity index (χ1v) is 6.67. The molecule has 0 radical (unpaired) electrons. The molecule has 0 aliphatic heterocycles. The van der Waals surface area contributed by atoms with Crippen molar-refractivity contribution in [1.82, 2.24) is 14.3 Å². The van der Waals surface area contributed by atoms with Crippen LogP contribution < -0.4 is 0 Å². The Bertz CT molecular complexity index is 1380. The SMILES string of the molecule is [2H]c1c([2H])c(-c2nc3c([2H])c([2H])c(C([2H])([2H])[2H])c([2H])n3c2CC(=O)N(C)C([2H])([2H])[2H])c([2H])c([2H])c1C. The van der Waals surface area contributed by atoms with Crippen LogP contribution in [0, 0.1) is 13.8 Å². The van der Waals surface area contributed by atoms with Gasteiger partial charge in [-0.25, -0.2) is 4.98 Å². The van der Waals surface area contributed by atoms with Crippen LogP contribution in [0.2, 0.25) is 0 Å². The van der Waals surface area contributed by atoms with Gasteiger partial charge in [-0.2, -0.15) is 0 Å². The van der Waals surface area contributed by atoms with E-state index in [1.807, 2.05) is 0 Å². The van der Waals surface area contributed by atoms with E-state index in [1.165, 1.54) is 6.92 Å². The minimum Gasteiger partial charge on any atom is -0.348 e. The van der Waals surface area contributed by atoms with Crippen molar-refractivity contribution in [1.29, 1.82) is 0 Å². The average Bonchev–Trinajstić information content (AvgIpc) is 3.12. The Kier molecular flexibility index (Phi) is 1.56. The van der Waals surface area contributed by atoms with Crippen molar-refractivity contribution < 1.29 is 22.6 Å². The van der Waals surface area contributed by atoms with E-state index < -0.39 is 79.8 Å². The maximum Gasteiger partial charge on any atom is 0.228 e. The molecule has 118 valence electrons. The molecular formula is C19H21N3O. The quantitative estimate of drug-likeness (QED) is 0.743. The van der Waals surface area contributed by atoms with Gasteiger partial charge in [0.15, 0.2) is 0 Å². The van der Waals surface area contributed by atoms with Gasteiger partial charge in [-0.05, 0) is 25.4 Å². The smallest absolute Gasteiger partial charge is 0.228 e. The summed E-state index contributed by atoms with van der Waals surface area (Å²) >= 11 is 0. The van der Waals surface area contributed by atoms with Gasteiger partial charge in [-0.3, -0.25) is 4.79 Å². The lowest BCUT2D eigenvalue weighted by atomic mass is 10.1. The van der Waals surface area contributed by atoms with Crippen molar-refractivity contribution >= 4 is 11.6 Å². The van der Waals surface area contributed by atoms with Crippen LogP contribution in [0.3, 0.4) is 0 Å². The summed E-state index contributed by atoms with van der Waals surface area (Å²) in [4.78, 5) is 17.5. The van der Waals surface area contributed by atoms with Crippen LogP contribution in [0.4, 0.5) is 0 Å². The molecule has 0 saturated carbocycles. The summed E-state index contributed by atoms with van der Waals surface area (Å²) in [6.07, 6.45) is -1.59. The molecule has 3 rings (SSSR count). The molecule has 0 fully saturated rings. The van der Waals surface area contributed by atoms with E-state index in [-0.39, 0.29) is 22.5 Å². The van der Waals surface area contributed by atoms with E-state index in [2.05, 4.69) is 4.98 Å². The molecular weight excluding hydrogens is 286 g/mol. The number of rotatable bonds is 3. The number of carbonyl (C=O) groups is 1. The Morgan fingerprint density at radius 3 is 2.70 bits per heavy atom. The van der Waals surface area contributed by atoms with Crippen molar-refractivity contribution in [3.05, 3.63) is 59.2 Å². The Hall–Kier alpha value is -2.62. The number of imidazole rings is 1. The van der Waals surface area contributed by atoms with Gasteiger partial charge in [0, 0.05) is 34.0 Å². The third-order valence-corrected chi connectivity index (χ3v) is 3.18. The average molecular weight is 320 g/mol.